The molecule has 5 aromatic carbocycles. The van der Waals surface area contributed by atoms with E-state index in [0.717, 1.165) is 93.8 Å². The maximum absolute atomic E-state index is 13.2. The molecule has 1 aliphatic carbocycles. The number of aryl methyl sites for hydroxylation is 2. The highest BCUT2D eigenvalue weighted by atomic mass is 16.8. The van der Waals surface area contributed by atoms with Gasteiger partial charge < -0.3 is 18.8 Å². The summed E-state index contributed by atoms with van der Waals surface area (Å²) >= 11 is 0. The third kappa shape index (κ3) is 8.70. The van der Waals surface area contributed by atoms with Gasteiger partial charge in [-0.1, -0.05) is 146 Å². The summed E-state index contributed by atoms with van der Waals surface area (Å²) in [5.74, 6) is 0.915. The quantitative estimate of drug-likeness (QED) is 0.0347. The summed E-state index contributed by atoms with van der Waals surface area (Å²) in [7, 11) is 0. The van der Waals surface area contributed by atoms with Gasteiger partial charge in [-0.15, -0.1) is 15.0 Å². The Labute approximate surface area is 362 Å². The maximum atomic E-state index is 13.2. The number of ether oxygens (including phenoxy) is 3. The van der Waals surface area contributed by atoms with Gasteiger partial charge in [-0.3, -0.25) is 0 Å². The van der Waals surface area contributed by atoms with Crippen LogP contribution in [0.1, 0.15) is 85.9 Å². The molecule has 11 heteroatoms. The Hall–Kier alpha value is -7.14. The smallest absolute Gasteiger partial charge is 0.435 e. The first-order valence-corrected chi connectivity index (χ1v) is 21.4. The minimum Gasteiger partial charge on any atom is -0.435 e. The summed E-state index contributed by atoms with van der Waals surface area (Å²) < 4.78 is 17.6. The molecule has 8 rings (SSSR count). The summed E-state index contributed by atoms with van der Waals surface area (Å²) in [5, 5.41) is 14.7. The van der Waals surface area contributed by atoms with Crippen LogP contribution in [0.15, 0.2) is 146 Å². The molecule has 0 spiro atoms. The van der Waals surface area contributed by atoms with Gasteiger partial charge in [0.1, 0.15) is 5.82 Å². The summed E-state index contributed by atoms with van der Waals surface area (Å²) in [5.41, 5.74) is 8.92. The SMILES string of the molecule is CCCc1nc2c(n1Cc1ccc(-c3ccccc3-c3nnn(C(c4ccccc4)(c4ccccc4)c4ccccc4)n3)cc1)C(=CC(=O)OC(C)OC(=O)OCC)CCCC2. The minimum absolute atomic E-state index is 0.162. The molecule has 0 fully saturated rings. The summed E-state index contributed by atoms with van der Waals surface area (Å²) in [4.78, 5) is 31.8. The van der Waals surface area contributed by atoms with E-state index in [9.17, 15) is 9.59 Å². The van der Waals surface area contributed by atoms with E-state index in [1.165, 1.54) is 13.0 Å². The average Bonchev–Trinajstić information content (AvgIpc) is 3.86. The van der Waals surface area contributed by atoms with E-state index in [4.69, 9.17) is 34.6 Å². The molecule has 62 heavy (non-hydrogen) atoms. The van der Waals surface area contributed by atoms with Crippen LogP contribution in [-0.2, 0) is 43.9 Å². The molecular weight excluding hydrogens is 777 g/mol. The van der Waals surface area contributed by atoms with Gasteiger partial charge in [0.25, 0.3) is 0 Å². The van der Waals surface area contributed by atoms with Crippen molar-refractivity contribution in [1.29, 1.82) is 0 Å². The largest absolute Gasteiger partial charge is 0.511 e. The lowest BCUT2D eigenvalue weighted by atomic mass is 9.77. The Balaban J connectivity index is 1.11. The molecule has 1 aliphatic rings. The third-order valence-electron chi connectivity index (χ3n) is 11.2. The van der Waals surface area contributed by atoms with E-state index in [1.54, 1.807) is 11.7 Å². The number of hydrogen-bond donors (Lipinski definition) is 0. The summed E-state index contributed by atoms with van der Waals surface area (Å²) in [6, 6.07) is 47.7. The molecule has 11 nitrogen and oxygen atoms in total. The van der Waals surface area contributed by atoms with Crippen molar-refractivity contribution in [1.82, 2.24) is 29.8 Å². The van der Waals surface area contributed by atoms with Crippen LogP contribution < -0.4 is 0 Å². The van der Waals surface area contributed by atoms with Gasteiger partial charge in [-0.25, -0.2) is 14.6 Å². The van der Waals surface area contributed by atoms with Gasteiger partial charge in [0.15, 0.2) is 5.54 Å². The number of benzene rings is 5. The Kier molecular flexibility index (Phi) is 12.8. The lowest BCUT2D eigenvalue weighted by Gasteiger charge is -2.34. The highest BCUT2D eigenvalue weighted by Gasteiger charge is 2.41. The Morgan fingerprint density at radius 3 is 1.95 bits per heavy atom. The van der Waals surface area contributed by atoms with E-state index in [1.807, 2.05) is 72.8 Å². The number of carbonyl (C=O) groups excluding carboxylic acids is 2. The fraction of sp³-hybridized carbons (Fsp3) is 0.255. The monoisotopic (exact) mass is 826 g/mol. The molecule has 2 aromatic heterocycles. The van der Waals surface area contributed by atoms with Crippen LogP contribution in [-0.4, -0.2) is 54.8 Å². The molecule has 0 radical (unpaired) electrons. The van der Waals surface area contributed by atoms with Gasteiger partial charge in [0.2, 0.25) is 12.1 Å². The van der Waals surface area contributed by atoms with Gasteiger partial charge in [-0.2, -0.15) is 0 Å². The molecule has 0 N–H and O–H groups in total. The van der Waals surface area contributed by atoms with Gasteiger partial charge in [0, 0.05) is 31.5 Å². The first-order valence-electron chi connectivity index (χ1n) is 21.4. The van der Waals surface area contributed by atoms with Crippen molar-refractivity contribution < 1.29 is 23.8 Å². The number of aromatic nitrogens is 6. The molecule has 314 valence electrons. The van der Waals surface area contributed by atoms with Crippen molar-refractivity contribution >= 4 is 17.7 Å². The fourth-order valence-electron chi connectivity index (χ4n) is 8.44. The van der Waals surface area contributed by atoms with Crippen molar-refractivity contribution in [3.8, 4) is 22.5 Å². The number of hydrogen-bond acceptors (Lipinski definition) is 9. The van der Waals surface area contributed by atoms with Gasteiger partial charge in [-0.05, 0) is 83.2 Å². The highest BCUT2D eigenvalue weighted by Crippen LogP contribution is 2.41. The molecule has 0 amide bonds. The number of esters is 1. The van der Waals surface area contributed by atoms with Crippen molar-refractivity contribution in [2.75, 3.05) is 6.61 Å². The zero-order chi connectivity index (χ0) is 42.9. The molecule has 1 atom stereocenters. The van der Waals surface area contributed by atoms with Crippen LogP contribution in [0.3, 0.4) is 0 Å². The molecule has 0 saturated heterocycles. The molecule has 7 aromatic rings. The number of imidazole rings is 1. The predicted molar refractivity (Wildman–Crippen MR) is 238 cm³/mol. The summed E-state index contributed by atoms with van der Waals surface area (Å²) in [6.07, 6.45) is 4.67. The average molecular weight is 827 g/mol. The fourth-order valence-corrected chi connectivity index (χ4v) is 8.44. The molecule has 0 bridgehead atoms. The molecule has 2 heterocycles. The van der Waals surface area contributed by atoms with E-state index in [0.29, 0.717) is 18.8 Å². The van der Waals surface area contributed by atoms with E-state index in [-0.39, 0.29) is 6.61 Å². The van der Waals surface area contributed by atoms with Crippen LogP contribution in [0, 0.1) is 0 Å². The Morgan fingerprint density at radius 1 is 0.742 bits per heavy atom. The number of fused-ring (bicyclic) bond motifs is 1. The number of carbonyl (C=O) groups is 2. The van der Waals surface area contributed by atoms with Crippen molar-refractivity contribution in [3.05, 3.63) is 185 Å². The lowest BCUT2D eigenvalue weighted by molar-refractivity contribution is -0.161. The van der Waals surface area contributed by atoms with E-state index >= 15 is 0 Å². The Bertz CT molecular complexity index is 2540. The highest BCUT2D eigenvalue weighted by molar-refractivity contribution is 5.91. The second-order valence-electron chi connectivity index (χ2n) is 15.3. The number of allylic oxidation sites excluding steroid dienone is 1. The van der Waals surface area contributed by atoms with Crippen LogP contribution in [0.4, 0.5) is 4.79 Å². The van der Waals surface area contributed by atoms with Crippen molar-refractivity contribution in [2.24, 2.45) is 0 Å². The topological polar surface area (TPSA) is 123 Å². The third-order valence-corrected chi connectivity index (χ3v) is 11.2. The van der Waals surface area contributed by atoms with E-state index in [2.05, 4.69) is 78.2 Å². The van der Waals surface area contributed by atoms with Crippen molar-refractivity contribution in [3.63, 3.8) is 0 Å². The first kappa shape index (κ1) is 41.6. The normalized spacial score (nSPS) is 13.8. The number of rotatable bonds is 14. The van der Waals surface area contributed by atoms with Gasteiger partial charge in [0.05, 0.1) is 18.0 Å². The van der Waals surface area contributed by atoms with Crippen LogP contribution in [0.2, 0.25) is 0 Å². The van der Waals surface area contributed by atoms with Crippen LogP contribution in [0.25, 0.3) is 28.1 Å². The number of nitrogens with zero attached hydrogens (tertiary/aromatic N) is 6. The second kappa shape index (κ2) is 19.1. The van der Waals surface area contributed by atoms with Gasteiger partial charge >= 0.3 is 12.1 Å². The summed E-state index contributed by atoms with van der Waals surface area (Å²) in [6.45, 7) is 6.05. The van der Waals surface area contributed by atoms with Crippen LogP contribution >= 0.6 is 0 Å². The molecule has 1 unspecified atom stereocenters. The van der Waals surface area contributed by atoms with Crippen LogP contribution in [0.5, 0.6) is 0 Å². The lowest BCUT2D eigenvalue weighted by Crippen LogP contribution is -2.39. The molecule has 0 saturated carbocycles. The zero-order valence-electron chi connectivity index (χ0n) is 35.3. The zero-order valence-corrected chi connectivity index (χ0v) is 35.3. The first-order chi connectivity index (χ1) is 30.4. The number of tetrazole rings is 1. The Morgan fingerprint density at radius 2 is 1.34 bits per heavy atom. The second-order valence-corrected chi connectivity index (χ2v) is 15.3. The molecular formula is C51H50N6O5. The van der Waals surface area contributed by atoms with E-state index < -0.39 is 24.0 Å². The maximum Gasteiger partial charge on any atom is 0.511 e. The standard InChI is InChI=1S/C51H50N6O5/c1-4-19-46-52-45-29-18-15-20-39(34-47(58)61-36(3)62-50(59)60-5-2)48(45)56(46)35-37-30-32-38(33-31-37)43-27-16-17-28-44(43)49-53-55-57(54-49)51(40-21-9-6-10-22-40,41-23-11-7-12-24-41)42-25-13-8-14-26-42/h6-14,16-17,21-28,30-34,36H,4-5,15,18-20,29,35H2,1-3H3. The van der Waals surface area contributed by atoms with Crippen molar-refractivity contribution in [2.45, 2.75) is 77.7 Å². The minimum atomic E-state index is -1.10. The predicted octanol–water partition coefficient (Wildman–Crippen LogP) is 10.2. The molecule has 0 aliphatic heterocycles.